The standard InChI is InChI=1S/C20H24ClN3O3S/c1-23(2)16(18-5-4-8-28-18)11-22-20(26)13-9-19(25)24(12-13)15-10-14(21)6-7-17(15)27-3/h4-8,10,13,16H,9,11-12H2,1-3H3,(H,22,26)/t13-,16-/m1/s1. The van der Waals surface area contributed by atoms with Gasteiger partial charge in [-0.05, 0) is 43.7 Å². The van der Waals surface area contributed by atoms with Crippen molar-refractivity contribution in [2.75, 3.05) is 39.2 Å². The van der Waals surface area contributed by atoms with Crippen molar-refractivity contribution in [1.82, 2.24) is 10.2 Å². The Kier molecular flexibility index (Phi) is 6.59. The minimum Gasteiger partial charge on any atom is -0.495 e. The van der Waals surface area contributed by atoms with Gasteiger partial charge in [-0.15, -0.1) is 11.3 Å². The Morgan fingerprint density at radius 2 is 2.21 bits per heavy atom. The molecule has 1 N–H and O–H groups in total. The average Bonchev–Trinajstić information content (AvgIpc) is 3.31. The second kappa shape index (κ2) is 8.94. The molecule has 6 nitrogen and oxygen atoms in total. The largest absolute Gasteiger partial charge is 0.495 e. The molecule has 2 amide bonds. The number of halogens is 1. The molecule has 2 heterocycles. The quantitative estimate of drug-likeness (QED) is 0.745. The van der Waals surface area contributed by atoms with E-state index in [0.717, 1.165) is 0 Å². The van der Waals surface area contributed by atoms with E-state index < -0.39 is 5.92 Å². The van der Waals surface area contributed by atoms with Crippen LogP contribution in [0.1, 0.15) is 17.3 Å². The topological polar surface area (TPSA) is 61.9 Å². The third-order valence-corrected chi connectivity index (χ3v) is 6.10. The Bertz CT molecular complexity index is 841. The molecular formula is C20H24ClN3O3S. The maximum absolute atomic E-state index is 12.7. The lowest BCUT2D eigenvalue weighted by Crippen LogP contribution is -2.38. The van der Waals surface area contributed by atoms with E-state index in [1.807, 2.05) is 25.5 Å². The zero-order valence-corrected chi connectivity index (χ0v) is 17.7. The first kappa shape index (κ1) is 20.6. The SMILES string of the molecule is COc1ccc(Cl)cc1N1C[C@H](C(=O)NC[C@H](c2cccs2)N(C)C)CC1=O. The van der Waals surface area contributed by atoms with E-state index in [4.69, 9.17) is 16.3 Å². The van der Waals surface area contributed by atoms with E-state index in [9.17, 15) is 9.59 Å². The van der Waals surface area contributed by atoms with Crippen LogP contribution in [-0.4, -0.2) is 51.0 Å². The highest BCUT2D eigenvalue weighted by Gasteiger charge is 2.36. The van der Waals surface area contributed by atoms with Crippen molar-refractivity contribution < 1.29 is 14.3 Å². The van der Waals surface area contributed by atoms with Crippen LogP contribution < -0.4 is 15.0 Å². The number of benzene rings is 1. The molecule has 0 radical (unpaired) electrons. The van der Waals surface area contributed by atoms with Crippen LogP contribution in [-0.2, 0) is 9.59 Å². The van der Waals surface area contributed by atoms with Crippen LogP contribution in [0.4, 0.5) is 5.69 Å². The van der Waals surface area contributed by atoms with Crippen molar-refractivity contribution >= 4 is 40.4 Å². The van der Waals surface area contributed by atoms with E-state index in [1.54, 1.807) is 41.5 Å². The van der Waals surface area contributed by atoms with Gasteiger partial charge >= 0.3 is 0 Å². The van der Waals surface area contributed by atoms with Gasteiger partial charge in [0.1, 0.15) is 5.75 Å². The number of hydrogen-bond acceptors (Lipinski definition) is 5. The molecule has 0 aliphatic carbocycles. The zero-order valence-electron chi connectivity index (χ0n) is 16.1. The summed E-state index contributed by atoms with van der Waals surface area (Å²) in [4.78, 5) is 30.1. The van der Waals surface area contributed by atoms with Crippen LogP contribution in [0.2, 0.25) is 5.02 Å². The number of likely N-dealkylation sites (N-methyl/N-ethyl adjacent to an activating group) is 1. The van der Waals surface area contributed by atoms with Crippen LogP contribution >= 0.6 is 22.9 Å². The van der Waals surface area contributed by atoms with Crippen molar-refractivity contribution in [3.05, 3.63) is 45.6 Å². The molecule has 2 aromatic rings. The van der Waals surface area contributed by atoms with Gasteiger partial charge in [0, 0.05) is 29.4 Å². The fourth-order valence-corrected chi connectivity index (χ4v) is 4.44. The summed E-state index contributed by atoms with van der Waals surface area (Å²) in [5.74, 6) is -0.0603. The van der Waals surface area contributed by atoms with Gasteiger partial charge in [0.05, 0.1) is 24.8 Å². The zero-order chi connectivity index (χ0) is 20.3. The molecule has 1 aromatic heterocycles. The number of methoxy groups -OCH3 is 1. The number of carbonyl (C=O) groups is 2. The second-order valence-electron chi connectivity index (χ2n) is 6.96. The van der Waals surface area contributed by atoms with Crippen LogP contribution in [0.25, 0.3) is 0 Å². The lowest BCUT2D eigenvalue weighted by molar-refractivity contribution is -0.126. The third-order valence-electron chi connectivity index (χ3n) is 4.89. The Morgan fingerprint density at radius 1 is 1.43 bits per heavy atom. The summed E-state index contributed by atoms with van der Waals surface area (Å²) in [6.07, 6.45) is 0.174. The molecule has 0 unspecified atom stereocenters. The Labute approximate surface area is 174 Å². The number of anilines is 1. The summed E-state index contributed by atoms with van der Waals surface area (Å²) < 4.78 is 5.35. The molecule has 150 valence electrons. The first-order valence-electron chi connectivity index (χ1n) is 9.02. The first-order valence-corrected chi connectivity index (χ1v) is 10.3. The number of rotatable bonds is 7. The predicted octanol–water partition coefficient (Wildman–Crippen LogP) is 3.18. The van der Waals surface area contributed by atoms with Gasteiger partial charge in [0.15, 0.2) is 0 Å². The van der Waals surface area contributed by atoms with Gasteiger partial charge in [-0.1, -0.05) is 17.7 Å². The number of carbonyl (C=O) groups excluding carboxylic acids is 2. The van der Waals surface area contributed by atoms with Gasteiger partial charge in [-0.3, -0.25) is 9.59 Å². The molecule has 1 aliphatic heterocycles. The van der Waals surface area contributed by atoms with Crippen molar-refractivity contribution in [1.29, 1.82) is 0 Å². The molecule has 8 heteroatoms. The minimum atomic E-state index is -0.401. The number of hydrogen-bond donors (Lipinski definition) is 1. The fraction of sp³-hybridized carbons (Fsp3) is 0.400. The highest BCUT2D eigenvalue weighted by atomic mass is 35.5. The number of nitrogens with zero attached hydrogens (tertiary/aromatic N) is 2. The summed E-state index contributed by atoms with van der Waals surface area (Å²) in [6.45, 7) is 0.810. The summed E-state index contributed by atoms with van der Waals surface area (Å²) in [7, 11) is 5.52. The molecule has 0 bridgehead atoms. The van der Waals surface area contributed by atoms with E-state index in [2.05, 4.69) is 16.3 Å². The van der Waals surface area contributed by atoms with Gasteiger partial charge in [0.2, 0.25) is 11.8 Å². The number of nitrogens with one attached hydrogen (secondary N) is 1. The van der Waals surface area contributed by atoms with Crippen LogP contribution in [0.5, 0.6) is 5.75 Å². The van der Waals surface area contributed by atoms with Gasteiger partial charge in [-0.25, -0.2) is 0 Å². The Morgan fingerprint density at radius 3 is 2.86 bits per heavy atom. The summed E-state index contributed by atoms with van der Waals surface area (Å²) in [5, 5.41) is 5.56. The van der Waals surface area contributed by atoms with Crippen molar-refractivity contribution in [2.24, 2.45) is 5.92 Å². The Balaban J connectivity index is 1.66. The second-order valence-corrected chi connectivity index (χ2v) is 8.38. The predicted molar refractivity (Wildman–Crippen MR) is 112 cm³/mol. The van der Waals surface area contributed by atoms with Gasteiger partial charge in [0.25, 0.3) is 0 Å². The number of thiophene rings is 1. The molecule has 0 saturated carbocycles. The molecule has 28 heavy (non-hydrogen) atoms. The molecule has 0 spiro atoms. The fourth-order valence-electron chi connectivity index (χ4n) is 3.35. The Hall–Kier alpha value is -2.09. The summed E-state index contributed by atoms with van der Waals surface area (Å²) in [6, 6.07) is 9.29. The summed E-state index contributed by atoms with van der Waals surface area (Å²) in [5.41, 5.74) is 0.597. The number of amides is 2. The highest BCUT2D eigenvalue weighted by Crippen LogP contribution is 2.35. The van der Waals surface area contributed by atoms with Crippen molar-refractivity contribution in [2.45, 2.75) is 12.5 Å². The van der Waals surface area contributed by atoms with Crippen LogP contribution in [0.15, 0.2) is 35.7 Å². The molecule has 2 atom stereocenters. The molecule has 3 rings (SSSR count). The van der Waals surface area contributed by atoms with Crippen molar-refractivity contribution in [3.63, 3.8) is 0 Å². The number of ether oxygens (including phenoxy) is 1. The summed E-state index contributed by atoms with van der Waals surface area (Å²) >= 11 is 7.75. The highest BCUT2D eigenvalue weighted by molar-refractivity contribution is 7.10. The van der Waals surface area contributed by atoms with Gasteiger partial charge < -0.3 is 19.9 Å². The maximum atomic E-state index is 12.7. The smallest absolute Gasteiger partial charge is 0.227 e. The maximum Gasteiger partial charge on any atom is 0.227 e. The third kappa shape index (κ3) is 4.48. The molecule has 1 fully saturated rings. The molecule has 1 saturated heterocycles. The lowest BCUT2D eigenvalue weighted by atomic mass is 10.1. The van der Waals surface area contributed by atoms with Crippen LogP contribution in [0, 0.1) is 5.92 Å². The van der Waals surface area contributed by atoms with Crippen molar-refractivity contribution in [3.8, 4) is 5.75 Å². The molecule has 1 aliphatic rings. The monoisotopic (exact) mass is 421 g/mol. The normalized spacial score (nSPS) is 17.8. The van der Waals surface area contributed by atoms with Crippen LogP contribution in [0.3, 0.4) is 0 Å². The van der Waals surface area contributed by atoms with E-state index in [1.165, 1.54) is 4.88 Å². The average molecular weight is 422 g/mol. The van der Waals surface area contributed by atoms with E-state index in [-0.39, 0.29) is 24.3 Å². The molecule has 1 aromatic carbocycles. The minimum absolute atomic E-state index is 0.102. The van der Waals surface area contributed by atoms with E-state index >= 15 is 0 Å². The lowest BCUT2D eigenvalue weighted by Gasteiger charge is -2.24. The van der Waals surface area contributed by atoms with Gasteiger partial charge in [-0.2, -0.15) is 0 Å². The first-order chi connectivity index (χ1) is 13.4. The molecular weight excluding hydrogens is 398 g/mol. The van der Waals surface area contributed by atoms with E-state index in [0.29, 0.717) is 29.5 Å².